The van der Waals surface area contributed by atoms with Crippen LogP contribution in [0.3, 0.4) is 0 Å². The van der Waals surface area contributed by atoms with Gasteiger partial charge in [-0.1, -0.05) is 31.2 Å². The van der Waals surface area contributed by atoms with Crippen LogP contribution >= 0.6 is 0 Å². The summed E-state index contributed by atoms with van der Waals surface area (Å²) in [6.07, 6.45) is 1.99. The molecule has 1 aromatic heterocycles. The van der Waals surface area contributed by atoms with Gasteiger partial charge in [-0.15, -0.1) is 0 Å². The van der Waals surface area contributed by atoms with Crippen LogP contribution in [0, 0.1) is 0 Å². The van der Waals surface area contributed by atoms with Gasteiger partial charge >= 0.3 is 0 Å². The molecule has 0 atom stereocenters. The lowest BCUT2D eigenvalue weighted by Crippen LogP contribution is -2.52. The van der Waals surface area contributed by atoms with E-state index in [9.17, 15) is 0 Å². The highest BCUT2D eigenvalue weighted by Crippen LogP contribution is 2.17. The van der Waals surface area contributed by atoms with Gasteiger partial charge in [0.25, 0.3) is 0 Å². The number of pyridine rings is 1. The summed E-state index contributed by atoms with van der Waals surface area (Å²) in [4.78, 5) is 19.3. The minimum atomic E-state index is 0.651. The van der Waals surface area contributed by atoms with Gasteiger partial charge in [-0.3, -0.25) is 0 Å². The van der Waals surface area contributed by atoms with E-state index < -0.39 is 0 Å². The number of likely N-dealkylation sites (N-methyl/N-ethyl adjacent to an activating group) is 1. The lowest BCUT2D eigenvalue weighted by molar-refractivity contribution is 0.270. The molecule has 7 heteroatoms. The maximum Gasteiger partial charge on any atom is 0.194 e. The molecule has 2 aliphatic rings. The lowest BCUT2D eigenvalue weighted by atomic mass is 10.2. The van der Waals surface area contributed by atoms with E-state index in [1.807, 2.05) is 6.20 Å². The highest BCUT2D eigenvalue weighted by atomic mass is 15.3. The number of hydrogen-bond donors (Lipinski definition) is 1. The van der Waals surface area contributed by atoms with Crippen LogP contribution in [0.2, 0.25) is 0 Å². The molecule has 0 saturated carbocycles. The molecule has 2 aromatic rings. The van der Waals surface area contributed by atoms with Crippen molar-refractivity contribution in [2.45, 2.75) is 20.4 Å². The Hall–Kier alpha value is -2.80. The number of benzene rings is 1. The summed E-state index contributed by atoms with van der Waals surface area (Å²) in [5.74, 6) is 2.08. The smallest absolute Gasteiger partial charge is 0.194 e. The standard InChI is InChI=1S/C25H37N7/c1-3-26-25(32-18-16-30(17-19-32)23-8-6-5-7-9-23)28-21-22-10-11-24(27-20-22)31-14-12-29(4-2)13-15-31/h5-11,20H,3-4,12-19,21H2,1-2H3,(H,26,28). The fourth-order valence-electron chi connectivity index (χ4n) is 4.40. The summed E-state index contributed by atoms with van der Waals surface area (Å²) in [5.41, 5.74) is 2.45. The molecule has 7 nitrogen and oxygen atoms in total. The summed E-state index contributed by atoms with van der Waals surface area (Å²) >= 11 is 0. The van der Waals surface area contributed by atoms with Crippen molar-refractivity contribution in [2.75, 3.05) is 75.2 Å². The second-order valence-corrected chi connectivity index (χ2v) is 8.43. The maximum atomic E-state index is 4.92. The Morgan fingerprint density at radius 1 is 0.875 bits per heavy atom. The monoisotopic (exact) mass is 435 g/mol. The molecular weight excluding hydrogens is 398 g/mol. The fourth-order valence-corrected chi connectivity index (χ4v) is 4.40. The quantitative estimate of drug-likeness (QED) is 0.556. The van der Waals surface area contributed by atoms with Crippen molar-refractivity contribution in [3.63, 3.8) is 0 Å². The summed E-state index contributed by atoms with van der Waals surface area (Å²) in [6, 6.07) is 15.0. The van der Waals surface area contributed by atoms with Gasteiger partial charge in [-0.05, 0) is 37.2 Å². The zero-order valence-corrected chi connectivity index (χ0v) is 19.6. The number of aromatic nitrogens is 1. The molecule has 0 spiro atoms. The molecule has 2 saturated heterocycles. The fraction of sp³-hybridized carbons (Fsp3) is 0.520. The van der Waals surface area contributed by atoms with Gasteiger partial charge in [0.2, 0.25) is 0 Å². The van der Waals surface area contributed by atoms with Crippen LogP contribution in [0.25, 0.3) is 0 Å². The van der Waals surface area contributed by atoms with Crippen LogP contribution in [-0.2, 0) is 6.54 Å². The van der Waals surface area contributed by atoms with Gasteiger partial charge in [0, 0.05) is 70.8 Å². The van der Waals surface area contributed by atoms with Crippen molar-refractivity contribution in [1.82, 2.24) is 20.1 Å². The van der Waals surface area contributed by atoms with Gasteiger partial charge in [0.05, 0.1) is 6.54 Å². The molecule has 32 heavy (non-hydrogen) atoms. The number of guanidine groups is 1. The van der Waals surface area contributed by atoms with Crippen LogP contribution in [0.15, 0.2) is 53.7 Å². The number of nitrogens with zero attached hydrogens (tertiary/aromatic N) is 6. The number of aliphatic imine (C=N–C) groups is 1. The molecule has 172 valence electrons. The first kappa shape index (κ1) is 22.4. The first-order chi connectivity index (χ1) is 15.8. The Bertz CT molecular complexity index is 836. The van der Waals surface area contributed by atoms with Crippen molar-refractivity contribution in [2.24, 2.45) is 4.99 Å². The summed E-state index contributed by atoms with van der Waals surface area (Å²) in [6.45, 7) is 15.3. The van der Waals surface area contributed by atoms with Gasteiger partial charge in [0.1, 0.15) is 5.82 Å². The number of rotatable bonds is 6. The van der Waals surface area contributed by atoms with Crippen molar-refractivity contribution in [3.8, 4) is 0 Å². The normalized spacial score (nSPS) is 18.2. The summed E-state index contributed by atoms with van der Waals surface area (Å²) in [5, 5.41) is 3.47. The van der Waals surface area contributed by atoms with E-state index in [-0.39, 0.29) is 0 Å². The van der Waals surface area contributed by atoms with Gasteiger partial charge < -0.3 is 24.9 Å². The van der Waals surface area contributed by atoms with Crippen molar-refractivity contribution in [1.29, 1.82) is 0 Å². The number of hydrogen-bond acceptors (Lipinski definition) is 5. The molecule has 0 unspecified atom stereocenters. The van der Waals surface area contributed by atoms with Crippen LogP contribution in [0.5, 0.6) is 0 Å². The number of piperazine rings is 2. The third kappa shape index (κ3) is 5.71. The van der Waals surface area contributed by atoms with Crippen molar-refractivity contribution in [3.05, 3.63) is 54.2 Å². The van der Waals surface area contributed by atoms with E-state index in [2.05, 4.69) is 81.2 Å². The third-order valence-corrected chi connectivity index (χ3v) is 6.40. The van der Waals surface area contributed by atoms with Crippen LogP contribution in [0.4, 0.5) is 11.5 Å². The second kappa shape index (κ2) is 11.2. The molecule has 2 aliphatic heterocycles. The molecule has 4 rings (SSSR count). The van der Waals surface area contributed by atoms with E-state index in [0.717, 1.165) is 82.8 Å². The molecule has 0 bridgehead atoms. The summed E-state index contributed by atoms with van der Waals surface area (Å²) in [7, 11) is 0. The molecular formula is C25H37N7. The van der Waals surface area contributed by atoms with Crippen molar-refractivity contribution < 1.29 is 0 Å². The summed E-state index contributed by atoms with van der Waals surface area (Å²) < 4.78 is 0. The topological polar surface area (TPSA) is 50.2 Å². The van der Waals surface area contributed by atoms with E-state index in [0.29, 0.717) is 6.54 Å². The van der Waals surface area contributed by atoms with Crippen LogP contribution < -0.4 is 15.1 Å². The predicted octanol–water partition coefficient (Wildman–Crippen LogP) is 2.51. The highest BCUT2D eigenvalue weighted by Gasteiger charge is 2.20. The van der Waals surface area contributed by atoms with Gasteiger partial charge in [0.15, 0.2) is 5.96 Å². The van der Waals surface area contributed by atoms with E-state index in [1.54, 1.807) is 0 Å². The third-order valence-electron chi connectivity index (χ3n) is 6.40. The Balaban J connectivity index is 1.32. The molecule has 0 radical (unpaired) electrons. The maximum absolute atomic E-state index is 4.92. The van der Waals surface area contributed by atoms with Crippen molar-refractivity contribution >= 4 is 17.5 Å². The molecule has 0 amide bonds. The Labute approximate surface area is 192 Å². The Kier molecular flexibility index (Phi) is 7.82. The zero-order chi connectivity index (χ0) is 22.2. The first-order valence-electron chi connectivity index (χ1n) is 12.0. The minimum Gasteiger partial charge on any atom is -0.368 e. The van der Waals surface area contributed by atoms with E-state index >= 15 is 0 Å². The van der Waals surface area contributed by atoms with Gasteiger partial charge in [-0.25, -0.2) is 9.98 Å². The number of para-hydroxylation sites is 1. The second-order valence-electron chi connectivity index (χ2n) is 8.43. The SMILES string of the molecule is CCNC(=NCc1ccc(N2CCN(CC)CC2)nc1)N1CCN(c2ccccc2)CC1. The average Bonchev–Trinajstić information content (AvgIpc) is 2.87. The molecule has 2 fully saturated rings. The van der Waals surface area contributed by atoms with Gasteiger partial charge in [-0.2, -0.15) is 0 Å². The largest absolute Gasteiger partial charge is 0.368 e. The first-order valence-corrected chi connectivity index (χ1v) is 12.0. The van der Waals surface area contributed by atoms with E-state index in [4.69, 9.17) is 9.98 Å². The van der Waals surface area contributed by atoms with Crippen LogP contribution in [-0.4, -0.2) is 86.2 Å². The van der Waals surface area contributed by atoms with Crippen LogP contribution in [0.1, 0.15) is 19.4 Å². The number of anilines is 2. The Morgan fingerprint density at radius 2 is 1.59 bits per heavy atom. The van der Waals surface area contributed by atoms with E-state index in [1.165, 1.54) is 5.69 Å². The Morgan fingerprint density at radius 3 is 2.22 bits per heavy atom. The minimum absolute atomic E-state index is 0.651. The average molecular weight is 436 g/mol. The molecule has 0 aliphatic carbocycles. The molecule has 1 aromatic carbocycles. The molecule has 1 N–H and O–H groups in total. The number of nitrogens with one attached hydrogen (secondary N) is 1. The lowest BCUT2D eigenvalue weighted by Gasteiger charge is -2.37. The highest BCUT2D eigenvalue weighted by molar-refractivity contribution is 5.80. The predicted molar refractivity (Wildman–Crippen MR) is 134 cm³/mol. The molecule has 3 heterocycles. The zero-order valence-electron chi connectivity index (χ0n) is 19.6.